The van der Waals surface area contributed by atoms with Crippen LogP contribution in [0.25, 0.3) is 0 Å². The van der Waals surface area contributed by atoms with Crippen molar-refractivity contribution in [2.24, 2.45) is 5.92 Å². The molecule has 1 fully saturated rings. The van der Waals surface area contributed by atoms with Crippen LogP contribution in [0.4, 0.5) is 0 Å². The maximum Gasteiger partial charge on any atom is 0.0630 e. The molecule has 2 nitrogen and oxygen atoms in total. The van der Waals surface area contributed by atoms with E-state index in [1.807, 2.05) is 6.92 Å². The molecule has 48 valence electrons. The molecule has 1 aliphatic carbocycles. The molecular formula is C6H12O2. The molecule has 0 aromatic heterocycles. The van der Waals surface area contributed by atoms with E-state index >= 15 is 0 Å². The molecule has 2 atom stereocenters. The van der Waals surface area contributed by atoms with E-state index in [4.69, 9.17) is 9.84 Å². The smallest absolute Gasteiger partial charge is 0.0630 e. The zero-order valence-corrected chi connectivity index (χ0v) is 5.13. The minimum Gasteiger partial charge on any atom is -0.396 e. The summed E-state index contributed by atoms with van der Waals surface area (Å²) < 4.78 is 5.20. The number of ether oxygens (including phenoxy) is 1. The largest absolute Gasteiger partial charge is 0.396 e. The summed E-state index contributed by atoms with van der Waals surface area (Å²) in [5.41, 5.74) is 0. The van der Waals surface area contributed by atoms with Crippen molar-refractivity contribution in [3.63, 3.8) is 0 Å². The highest BCUT2D eigenvalue weighted by Crippen LogP contribution is 2.32. The third kappa shape index (κ3) is 1.20. The van der Waals surface area contributed by atoms with E-state index in [0.29, 0.717) is 18.6 Å². The van der Waals surface area contributed by atoms with Crippen molar-refractivity contribution < 1.29 is 9.84 Å². The second-order valence-electron chi connectivity index (χ2n) is 2.17. The molecule has 0 radical (unpaired) electrons. The molecule has 0 amide bonds. The minimum atomic E-state index is 0.296. The van der Waals surface area contributed by atoms with Gasteiger partial charge in [-0.25, -0.2) is 0 Å². The van der Waals surface area contributed by atoms with Gasteiger partial charge in [0.2, 0.25) is 0 Å². The molecule has 8 heavy (non-hydrogen) atoms. The normalized spacial score (nSPS) is 35.2. The second kappa shape index (κ2) is 2.46. The molecule has 0 saturated heterocycles. The Bertz CT molecular complexity index is 72.9. The summed E-state index contributed by atoms with van der Waals surface area (Å²) in [6.45, 7) is 3.05. The fourth-order valence-electron chi connectivity index (χ4n) is 0.830. The molecule has 0 aromatic rings. The summed E-state index contributed by atoms with van der Waals surface area (Å²) in [5, 5.41) is 8.52. The van der Waals surface area contributed by atoms with E-state index in [-0.39, 0.29) is 0 Å². The van der Waals surface area contributed by atoms with Crippen LogP contribution >= 0.6 is 0 Å². The number of hydrogen-bond donors (Lipinski definition) is 1. The van der Waals surface area contributed by atoms with Gasteiger partial charge in [-0.1, -0.05) is 0 Å². The molecule has 2 heteroatoms. The summed E-state index contributed by atoms with van der Waals surface area (Å²) in [5.74, 6) is 0.454. The minimum absolute atomic E-state index is 0.296. The average Bonchev–Trinajstić information content (AvgIpc) is 2.48. The van der Waals surface area contributed by atoms with Crippen LogP contribution in [0, 0.1) is 5.92 Å². The van der Waals surface area contributed by atoms with Crippen molar-refractivity contribution in [2.75, 3.05) is 13.2 Å². The van der Waals surface area contributed by atoms with E-state index in [1.54, 1.807) is 0 Å². The molecular weight excluding hydrogens is 104 g/mol. The van der Waals surface area contributed by atoms with Crippen molar-refractivity contribution in [2.45, 2.75) is 19.4 Å². The van der Waals surface area contributed by atoms with Crippen molar-refractivity contribution in [3.05, 3.63) is 0 Å². The van der Waals surface area contributed by atoms with E-state index < -0.39 is 0 Å². The lowest BCUT2D eigenvalue weighted by atomic mass is 10.5. The lowest BCUT2D eigenvalue weighted by molar-refractivity contribution is 0.110. The van der Waals surface area contributed by atoms with Crippen LogP contribution in [-0.4, -0.2) is 24.4 Å². The van der Waals surface area contributed by atoms with Crippen LogP contribution in [-0.2, 0) is 4.74 Å². The van der Waals surface area contributed by atoms with Gasteiger partial charge in [-0.3, -0.25) is 0 Å². The Hall–Kier alpha value is -0.0800. The zero-order chi connectivity index (χ0) is 5.98. The van der Waals surface area contributed by atoms with Gasteiger partial charge >= 0.3 is 0 Å². The number of aliphatic hydroxyl groups excluding tert-OH is 1. The second-order valence-corrected chi connectivity index (χ2v) is 2.17. The summed E-state index contributed by atoms with van der Waals surface area (Å²) in [6.07, 6.45) is 1.44. The Morgan fingerprint density at radius 3 is 2.88 bits per heavy atom. The van der Waals surface area contributed by atoms with Gasteiger partial charge < -0.3 is 9.84 Å². The van der Waals surface area contributed by atoms with Gasteiger partial charge in [-0.05, 0) is 13.3 Å². The van der Waals surface area contributed by atoms with Crippen LogP contribution in [0.1, 0.15) is 13.3 Å². The summed E-state index contributed by atoms with van der Waals surface area (Å²) in [7, 11) is 0. The first-order chi connectivity index (χ1) is 3.88. The predicted octanol–water partition coefficient (Wildman–Crippen LogP) is 0.404. The van der Waals surface area contributed by atoms with E-state index in [0.717, 1.165) is 13.0 Å². The van der Waals surface area contributed by atoms with Crippen LogP contribution in [0.3, 0.4) is 0 Å². The van der Waals surface area contributed by atoms with Crippen molar-refractivity contribution in [1.29, 1.82) is 0 Å². The maximum atomic E-state index is 8.52. The van der Waals surface area contributed by atoms with Crippen LogP contribution in [0.15, 0.2) is 0 Å². The highest BCUT2D eigenvalue weighted by molar-refractivity contribution is 4.86. The Morgan fingerprint density at radius 1 is 1.75 bits per heavy atom. The predicted molar refractivity (Wildman–Crippen MR) is 30.6 cm³/mol. The van der Waals surface area contributed by atoms with Gasteiger partial charge in [0, 0.05) is 19.1 Å². The first-order valence-corrected chi connectivity index (χ1v) is 3.11. The molecule has 0 spiro atoms. The van der Waals surface area contributed by atoms with Crippen molar-refractivity contribution in [1.82, 2.24) is 0 Å². The molecule has 1 N–H and O–H groups in total. The highest BCUT2D eigenvalue weighted by Gasteiger charge is 2.36. The van der Waals surface area contributed by atoms with Crippen LogP contribution < -0.4 is 0 Å². The van der Waals surface area contributed by atoms with Gasteiger partial charge in [-0.15, -0.1) is 0 Å². The number of aliphatic hydroxyl groups is 1. The Kier molecular flexibility index (Phi) is 1.86. The van der Waals surface area contributed by atoms with E-state index in [1.165, 1.54) is 0 Å². The topological polar surface area (TPSA) is 29.5 Å². The fourth-order valence-corrected chi connectivity index (χ4v) is 0.830. The Morgan fingerprint density at radius 2 is 2.50 bits per heavy atom. The number of rotatable bonds is 3. The fraction of sp³-hybridized carbons (Fsp3) is 1.00. The molecule has 1 rings (SSSR count). The SMILES string of the molecule is CCOC1CC1CO. The molecule has 0 heterocycles. The van der Waals surface area contributed by atoms with Crippen molar-refractivity contribution >= 4 is 0 Å². The third-order valence-corrected chi connectivity index (χ3v) is 1.47. The molecule has 0 aliphatic heterocycles. The quantitative estimate of drug-likeness (QED) is 0.578. The lowest BCUT2D eigenvalue weighted by Gasteiger charge is -1.94. The molecule has 2 unspecified atom stereocenters. The third-order valence-electron chi connectivity index (χ3n) is 1.47. The van der Waals surface area contributed by atoms with Gasteiger partial charge in [-0.2, -0.15) is 0 Å². The van der Waals surface area contributed by atoms with Gasteiger partial charge in [0.1, 0.15) is 0 Å². The van der Waals surface area contributed by atoms with E-state index in [2.05, 4.69) is 0 Å². The summed E-state index contributed by atoms with van der Waals surface area (Å²) in [4.78, 5) is 0. The average molecular weight is 116 g/mol. The van der Waals surface area contributed by atoms with Gasteiger partial charge in [0.15, 0.2) is 0 Å². The zero-order valence-electron chi connectivity index (χ0n) is 5.13. The first-order valence-electron chi connectivity index (χ1n) is 3.11. The first kappa shape index (κ1) is 6.05. The van der Waals surface area contributed by atoms with Crippen LogP contribution in [0.2, 0.25) is 0 Å². The van der Waals surface area contributed by atoms with Crippen molar-refractivity contribution in [3.8, 4) is 0 Å². The maximum absolute atomic E-state index is 8.52. The molecule has 1 saturated carbocycles. The molecule has 0 aromatic carbocycles. The molecule has 0 bridgehead atoms. The van der Waals surface area contributed by atoms with Crippen LogP contribution in [0.5, 0.6) is 0 Å². The Balaban J connectivity index is 1.99. The summed E-state index contributed by atoms with van der Waals surface area (Å²) in [6, 6.07) is 0. The highest BCUT2D eigenvalue weighted by atomic mass is 16.5. The lowest BCUT2D eigenvalue weighted by Crippen LogP contribution is -1.98. The van der Waals surface area contributed by atoms with Gasteiger partial charge in [0.25, 0.3) is 0 Å². The monoisotopic (exact) mass is 116 g/mol. The van der Waals surface area contributed by atoms with E-state index in [9.17, 15) is 0 Å². The standard InChI is InChI=1S/C6H12O2/c1-2-8-6-3-5(6)4-7/h5-7H,2-4H2,1H3. The van der Waals surface area contributed by atoms with Gasteiger partial charge in [0.05, 0.1) is 6.10 Å². The summed E-state index contributed by atoms with van der Waals surface area (Å²) >= 11 is 0. The Labute approximate surface area is 49.5 Å². The number of hydrogen-bond acceptors (Lipinski definition) is 2. The molecule has 1 aliphatic rings.